The zero-order valence-electron chi connectivity index (χ0n) is 17.8. The summed E-state index contributed by atoms with van der Waals surface area (Å²) in [4.78, 5) is 14.2. The first-order valence-electron chi connectivity index (χ1n) is 10.7. The van der Waals surface area contributed by atoms with Crippen LogP contribution in [0.4, 0.5) is 15.8 Å². The lowest BCUT2D eigenvalue weighted by atomic mass is 9.73. The second-order valence-corrected chi connectivity index (χ2v) is 8.19. The van der Waals surface area contributed by atoms with Gasteiger partial charge in [0.2, 0.25) is 0 Å². The predicted molar refractivity (Wildman–Crippen MR) is 123 cm³/mol. The lowest BCUT2D eigenvalue weighted by molar-refractivity contribution is -0.148. The SMILES string of the molecule is Nc1ccc(C2(C(=O)O)CCOCC2)c(F)c1N(Cc1ccccc1)Cc1ccccc1. The van der Waals surface area contributed by atoms with Crippen LogP contribution >= 0.6 is 0 Å². The Morgan fingerprint density at radius 3 is 1.97 bits per heavy atom. The average molecular weight is 435 g/mol. The van der Waals surface area contributed by atoms with Gasteiger partial charge in [0.15, 0.2) is 5.82 Å². The van der Waals surface area contributed by atoms with Crippen LogP contribution in [-0.2, 0) is 28.0 Å². The highest BCUT2D eigenvalue weighted by Gasteiger charge is 2.44. The molecule has 0 spiro atoms. The highest BCUT2D eigenvalue weighted by Crippen LogP contribution is 2.41. The van der Waals surface area contributed by atoms with E-state index in [2.05, 4.69) is 0 Å². The van der Waals surface area contributed by atoms with Crippen molar-refractivity contribution in [3.63, 3.8) is 0 Å². The van der Waals surface area contributed by atoms with E-state index in [1.54, 1.807) is 6.07 Å². The van der Waals surface area contributed by atoms with Crippen molar-refractivity contribution in [2.45, 2.75) is 31.3 Å². The summed E-state index contributed by atoms with van der Waals surface area (Å²) in [6.45, 7) is 1.43. The minimum atomic E-state index is -1.32. The van der Waals surface area contributed by atoms with E-state index in [1.807, 2.05) is 65.6 Å². The van der Waals surface area contributed by atoms with E-state index >= 15 is 4.39 Å². The lowest BCUT2D eigenvalue weighted by Crippen LogP contribution is -2.42. The molecule has 1 saturated heterocycles. The van der Waals surface area contributed by atoms with Crippen LogP contribution in [-0.4, -0.2) is 24.3 Å². The lowest BCUT2D eigenvalue weighted by Gasteiger charge is -2.35. The van der Waals surface area contributed by atoms with Crippen molar-refractivity contribution < 1.29 is 19.0 Å². The van der Waals surface area contributed by atoms with E-state index in [9.17, 15) is 9.90 Å². The van der Waals surface area contributed by atoms with Gasteiger partial charge < -0.3 is 20.5 Å². The van der Waals surface area contributed by atoms with Crippen molar-refractivity contribution >= 4 is 17.3 Å². The number of nitrogens with zero attached hydrogens (tertiary/aromatic N) is 1. The van der Waals surface area contributed by atoms with Gasteiger partial charge in [-0.3, -0.25) is 4.79 Å². The average Bonchev–Trinajstić information content (AvgIpc) is 2.81. The number of aliphatic carboxylic acids is 1. The molecule has 6 heteroatoms. The first-order valence-corrected chi connectivity index (χ1v) is 10.7. The molecule has 3 N–H and O–H groups in total. The number of hydrogen-bond donors (Lipinski definition) is 2. The van der Waals surface area contributed by atoms with Gasteiger partial charge in [-0.1, -0.05) is 66.7 Å². The molecule has 0 saturated carbocycles. The minimum absolute atomic E-state index is 0.170. The molecular formula is C26H27FN2O3. The Labute approximate surface area is 187 Å². The van der Waals surface area contributed by atoms with Crippen LogP contribution in [0.25, 0.3) is 0 Å². The van der Waals surface area contributed by atoms with Crippen molar-refractivity contribution in [2.75, 3.05) is 23.8 Å². The molecule has 166 valence electrons. The van der Waals surface area contributed by atoms with Gasteiger partial charge in [0.05, 0.1) is 16.8 Å². The quantitative estimate of drug-likeness (QED) is 0.525. The monoisotopic (exact) mass is 434 g/mol. The number of halogens is 1. The molecule has 3 aromatic rings. The van der Waals surface area contributed by atoms with Crippen LogP contribution in [0.3, 0.4) is 0 Å². The van der Waals surface area contributed by atoms with Gasteiger partial charge in [-0.05, 0) is 30.0 Å². The Morgan fingerprint density at radius 1 is 0.938 bits per heavy atom. The number of rotatable bonds is 7. The van der Waals surface area contributed by atoms with Crippen molar-refractivity contribution in [3.05, 3.63) is 95.3 Å². The second-order valence-electron chi connectivity index (χ2n) is 8.19. The van der Waals surface area contributed by atoms with Crippen LogP contribution in [0, 0.1) is 5.82 Å². The largest absolute Gasteiger partial charge is 0.481 e. The molecule has 1 heterocycles. The zero-order chi connectivity index (χ0) is 22.6. The Morgan fingerprint density at radius 2 is 1.47 bits per heavy atom. The van der Waals surface area contributed by atoms with Gasteiger partial charge in [-0.2, -0.15) is 0 Å². The molecule has 1 aliphatic heterocycles. The molecule has 0 radical (unpaired) electrons. The number of carboxylic acids is 1. The number of carbonyl (C=O) groups is 1. The van der Waals surface area contributed by atoms with Gasteiger partial charge in [0.25, 0.3) is 0 Å². The van der Waals surface area contributed by atoms with Gasteiger partial charge in [0, 0.05) is 31.9 Å². The van der Waals surface area contributed by atoms with Gasteiger partial charge in [0.1, 0.15) is 0 Å². The summed E-state index contributed by atoms with van der Waals surface area (Å²) in [6, 6.07) is 22.7. The van der Waals surface area contributed by atoms with Crippen molar-refractivity contribution in [3.8, 4) is 0 Å². The van der Waals surface area contributed by atoms with E-state index in [-0.39, 0.29) is 43.0 Å². The van der Waals surface area contributed by atoms with Gasteiger partial charge >= 0.3 is 5.97 Å². The van der Waals surface area contributed by atoms with Crippen molar-refractivity contribution in [2.24, 2.45) is 0 Å². The number of anilines is 2. The maximum atomic E-state index is 16.2. The number of carboxylic acid groups (broad SMARTS) is 1. The standard InChI is InChI=1S/C26H27FN2O3/c27-23-21(26(25(30)31)13-15-32-16-14-26)11-12-22(28)24(23)29(17-19-7-3-1-4-8-19)18-20-9-5-2-6-10-20/h1-12H,13-18,28H2,(H,30,31). The molecule has 5 nitrogen and oxygen atoms in total. The van der Waals surface area contributed by atoms with Crippen LogP contribution in [0.2, 0.25) is 0 Å². The third-order valence-electron chi connectivity index (χ3n) is 6.17. The second kappa shape index (κ2) is 9.40. The molecule has 0 bridgehead atoms. The molecule has 1 aliphatic rings. The van der Waals surface area contributed by atoms with Crippen LogP contribution in [0.1, 0.15) is 29.5 Å². The summed E-state index contributed by atoms with van der Waals surface area (Å²) in [5, 5.41) is 10.1. The molecule has 1 fully saturated rings. The van der Waals surface area contributed by atoms with Crippen LogP contribution in [0.15, 0.2) is 72.8 Å². The molecule has 0 atom stereocenters. The Balaban J connectivity index is 1.81. The fourth-order valence-corrected chi connectivity index (χ4v) is 4.41. The summed E-state index contributed by atoms with van der Waals surface area (Å²) in [7, 11) is 0. The predicted octanol–water partition coefficient (Wildman–Crippen LogP) is 4.75. The highest BCUT2D eigenvalue weighted by molar-refractivity contribution is 5.83. The number of nitrogen functional groups attached to an aromatic ring is 1. The zero-order valence-corrected chi connectivity index (χ0v) is 17.8. The fraction of sp³-hybridized carbons (Fsp3) is 0.269. The summed E-state index contributed by atoms with van der Waals surface area (Å²) in [5.74, 6) is -1.60. The summed E-state index contributed by atoms with van der Waals surface area (Å²) >= 11 is 0. The minimum Gasteiger partial charge on any atom is -0.481 e. The molecule has 4 rings (SSSR count). The number of hydrogen-bond acceptors (Lipinski definition) is 4. The fourth-order valence-electron chi connectivity index (χ4n) is 4.41. The molecule has 3 aromatic carbocycles. The van der Waals surface area contributed by atoms with E-state index in [4.69, 9.17) is 10.5 Å². The Bertz CT molecular complexity index is 1030. The Hall–Kier alpha value is -3.38. The smallest absolute Gasteiger partial charge is 0.314 e. The van der Waals surface area contributed by atoms with Crippen molar-refractivity contribution in [1.82, 2.24) is 0 Å². The normalized spacial score (nSPS) is 15.3. The van der Waals surface area contributed by atoms with Crippen LogP contribution < -0.4 is 10.6 Å². The summed E-state index contributed by atoms with van der Waals surface area (Å²) < 4.78 is 21.5. The first kappa shape index (κ1) is 21.8. The third kappa shape index (κ3) is 4.32. The maximum Gasteiger partial charge on any atom is 0.314 e. The molecule has 32 heavy (non-hydrogen) atoms. The Kier molecular flexibility index (Phi) is 6.42. The number of benzene rings is 3. The van der Waals surface area contributed by atoms with Gasteiger partial charge in [-0.15, -0.1) is 0 Å². The summed E-state index contributed by atoms with van der Waals surface area (Å²) in [5.41, 5.74) is 7.67. The van der Waals surface area contributed by atoms with Gasteiger partial charge in [-0.25, -0.2) is 4.39 Å². The van der Waals surface area contributed by atoms with E-state index in [0.29, 0.717) is 13.1 Å². The topological polar surface area (TPSA) is 75.8 Å². The number of nitrogens with two attached hydrogens (primary N) is 1. The van der Waals surface area contributed by atoms with E-state index < -0.39 is 17.2 Å². The van der Waals surface area contributed by atoms with Crippen LogP contribution in [0.5, 0.6) is 0 Å². The first-order chi connectivity index (χ1) is 15.5. The molecule has 0 aliphatic carbocycles. The highest BCUT2D eigenvalue weighted by atomic mass is 19.1. The maximum absolute atomic E-state index is 16.2. The van der Waals surface area contributed by atoms with Crippen molar-refractivity contribution in [1.29, 1.82) is 0 Å². The molecule has 0 amide bonds. The number of ether oxygens (including phenoxy) is 1. The molecule has 0 unspecified atom stereocenters. The molecular weight excluding hydrogens is 407 g/mol. The van der Waals surface area contributed by atoms with E-state index in [0.717, 1.165) is 11.1 Å². The molecule has 0 aromatic heterocycles. The third-order valence-corrected chi connectivity index (χ3v) is 6.17. The summed E-state index contributed by atoms with van der Waals surface area (Å²) in [6.07, 6.45) is 0.444. The van der Waals surface area contributed by atoms with E-state index in [1.165, 1.54) is 6.07 Å².